The summed E-state index contributed by atoms with van der Waals surface area (Å²) in [4.78, 5) is 4.93. The van der Waals surface area contributed by atoms with Crippen molar-refractivity contribution in [2.75, 3.05) is 6.54 Å². The van der Waals surface area contributed by atoms with Gasteiger partial charge in [0.1, 0.15) is 18.2 Å². The van der Waals surface area contributed by atoms with E-state index in [1.54, 1.807) is 0 Å². The van der Waals surface area contributed by atoms with Crippen LogP contribution in [0.2, 0.25) is 5.02 Å². The van der Waals surface area contributed by atoms with Crippen molar-refractivity contribution in [1.82, 2.24) is 14.9 Å². The summed E-state index contributed by atoms with van der Waals surface area (Å²) < 4.78 is 8.35. The fourth-order valence-corrected chi connectivity index (χ4v) is 4.98. The predicted molar refractivity (Wildman–Crippen MR) is 135 cm³/mol. The monoisotopic (exact) mass is 459 g/mol. The van der Waals surface area contributed by atoms with Gasteiger partial charge in [-0.1, -0.05) is 48.0 Å². The highest BCUT2D eigenvalue weighted by Crippen LogP contribution is 2.29. The topological polar surface area (TPSA) is 39.1 Å². The lowest BCUT2D eigenvalue weighted by molar-refractivity contribution is 0.289. The van der Waals surface area contributed by atoms with Crippen molar-refractivity contribution < 1.29 is 4.74 Å². The number of rotatable bonds is 8. The quantitative estimate of drug-likeness (QED) is 0.300. The van der Waals surface area contributed by atoms with Crippen molar-refractivity contribution in [3.05, 3.63) is 94.3 Å². The van der Waals surface area contributed by atoms with E-state index >= 15 is 0 Å². The maximum atomic E-state index is 6.04. The summed E-state index contributed by atoms with van der Waals surface area (Å²) >= 11 is 6.00. The van der Waals surface area contributed by atoms with Crippen molar-refractivity contribution in [1.29, 1.82) is 0 Å². The van der Waals surface area contributed by atoms with Crippen LogP contribution in [0.4, 0.5) is 0 Å². The van der Waals surface area contributed by atoms with Crippen LogP contribution in [-0.4, -0.2) is 16.1 Å². The fraction of sp³-hybridized carbons (Fsp3) is 0.321. The summed E-state index contributed by atoms with van der Waals surface area (Å²) in [6.07, 6.45) is 4.70. The summed E-state index contributed by atoms with van der Waals surface area (Å²) in [5.41, 5.74) is 6.40. The number of halogens is 1. The summed E-state index contributed by atoms with van der Waals surface area (Å²) in [5.74, 6) is 1.75. The smallest absolute Gasteiger partial charge is 0.148 e. The lowest BCUT2D eigenvalue weighted by atomic mass is 9.88. The van der Waals surface area contributed by atoms with E-state index in [2.05, 4.69) is 59.3 Å². The Morgan fingerprint density at radius 1 is 1.06 bits per heavy atom. The van der Waals surface area contributed by atoms with Crippen LogP contribution in [0.3, 0.4) is 0 Å². The molecular formula is C28H30ClN3O. The van der Waals surface area contributed by atoms with Gasteiger partial charge in [0, 0.05) is 17.6 Å². The first-order chi connectivity index (χ1) is 16.2. The molecule has 1 atom stereocenters. The fourth-order valence-electron chi connectivity index (χ4n) is 4.85. The zero-order valence-corrected chi connectivity index (χ0v) is 19.8. The van der Waals surface area contributed by atoms with Crippen LogP contribution in [0.1, 0.15) is 47.8 Å². The molecule has 1 aliphatic rings. The standard InChI is InChI=1S/C28H30ClN3O/c1-20-7-4-12-26-28(20)31-27(19-33-23-15-13-22(29)14-16-23)32(26)18-6-17-30-25-11-5-9-21-8-2-3-10-24(21)25/h2-4,7-8,10,12-16,25,30H,5-6,9,11,17-19H2,1H3. The molecule has 5 rings (SSSR count). The van der Waals surface area contributed by atoms with Crippen LogP contribution in [-0.2, 0) is 19.6 Å². The second-order valence-corrected chi connectivity index (χ2v) is 9.25. The minimum Gasteiger partial charge on any atom is -0.486 e. The average Bonchev–Trinajstić information content (AvgIpc) is 3.20. The Bertz CT molecular complexity index is 1230. The molecule has 1 heterocycles. The van der Waals surface area contributed by atoms with Gasteiger partial charge in [-0.15, -0.1) is 0 Å². The lowest BCUT2D eigenvalue weighted by Crippen LogP contribution is -2.26. The van der Waals surface area contributed by atoms with Gasteiger partial charge >= 0.3 is 0 Å². The third kappa shape index (κ3) is 4.92. The molecule has 170 valence electrons. The molecule has 4 nitrogen and oxygen atoms in total. The van der Waals surface area contributed by atoms with Gasteiger partial charge < -0.3 is 14.6 Å². The molecule has 3 aromatic carbocycles. The van der Waals surface area contributed by atoms with E-state index in [1.165, 1.54) is 41.5 Å². The van der Waals surface area contributed by atoms with Crippen LogP contribution in [0, 0.1) is 6.92 Å². The highest BCUT2D eigenvalue weighted by molar-refractivity contribution is 6.30. The van der Waals surface area contributed by atoms with Gasteiger partial charge in [-0.05, 0) is 86.2 Å². The van der Waals surface area contributed by atoms with Gasteiger partial charge in [0.05, 0.1) is 11.0 Å². The van der Waals surface area contributed by atoms with Gasteiger partial charge in [-0.2, -0.15) is 0 Å². The summed E-state index contributed by atoms with van der Waals surface area (Å²) in [7, 11) is 0. The first-order valence-electron chi connectivity index (χ1n) is 11.8. The number of aromatic nitrogens is 2. The molecule has 5 heteroatoms. The molecule has 0 amide bonds. The Hall–Kier alpha value is -2.82. The highest BCUT2D eigenvalue weighted by Gasteiger charge is 2.19. The van der Waals surface area contributed by atoms with E-state index in [4.69, 9.17) is 21.3 Å². The molecule has 0 radical (unpaired) electrons. The second-order valence-electron chi connectivity index (χ2n) is 8.82. The minimum atomic E-state index is 0.430. The Kier molecular flexibility index (Phi) is 6.65. The molecular weight excluding hydrogens is 430 g/mol. The van der Waals surface area contributed by atoms with Gasteiger partial charge in [0.25, 0.3) is 0 Å². The zero-order chi connectivity index (χ0) is 22.6. The molecule has 1 unspecified atom stereocenters. The normalized spacial score (nSPS) is 15.5. The number of para-hydroxylation sites is 1. The largest absolute Gasteiger partial charge is 0.486 e. The van der Waals surface area contributed by atoms with E-state index in [0.29, 0.717) is 17.7 Å². The number of nitrogens with one attached hydrogen (secondary N) is 1. The van der Waals surface area contributed by atoms with Crippen LogP contribution >= 0.6 is 11.6 Å². The van der Waals surface area contributed by atoms with E-state index in [0.717, 1.165) is 36.6 Å². The minimum absolute atomic E-state index is 0.430. The van der Waals surface area contributed by atoms with Crippen molar-refractivity contribution >= 4 is 22.6 Å². The van der Waals surface area contributed by atoms with Crippen LogP contribution in [0.15, 0.2) is 66.7 Å². The van der Waals surface area contributed by atoms with Crippen molar-refractivity contribution in [3.63, 3.8) is 0 Å². The van der Waals surface area contributed by atoms with Crippen LogP contribution in [0.25, 0.3) is 11.0 Å². The molecule has 33 heavy (non-hydrogen) atoms. The van der Waals surface area contributed by atoms with Crippen molar-refractivity contribution in [3.8, 4) is 5.75 Å². The Morgan fingerprint density at radius 3 is 2.79 bits per heavy atom. The maximum Gasteiger partial charge on any atom is 0.148 e. The van der Waals surface area contributed by atoms with E-state index in [-0.39, 0.29) is 0 Å². The van der Waals surface area contributed by atoms with Gasteiger partial charge in [-0.3, -0.25) is 0 Å². The van der Waals surface area contributed by atoms with Crippen molar-refractivity contribution in [2.45, 2.75) is 51.8 Å². The zero-order valence-electron chi connectivity index (χ0n) is 19.1. The number of benzene rings is 3. The second kappa shape index (κ2) is 9.98. The maximum absolute atomic E-state index is 6.04. The molecule has 0 spiro atoms. The van der Waals surface area contributed by atoms with Gasteiger partial charge in [-0.25, -0.2) is 4.98 Å². The van der Waals surface area contributed by atoms with E-state index in [9.17, 15) is 0 Å². The number of ether oxygens (including phenoxy) is 1. The first kappa shape index (κ1) is 22.0. The third-order valence-corrected chi connectivity index (χ3v) is 6.81. The molecule has 0 fully saturated rings. The number of fused-ring (bicyclic) bond motifs is 2. The Balaban J connectivity index is 1.27. The molecule has 1 aromatic heterocycles. The molecule has 1 N–H and O–H groups in total. The number of hydrogen-bond acceptors (Lipinski definition) is 3. The summed E-state index contributed by atoms with van der Waals surface area (Å²) in [6.45, 7) is 4.42. The molecule has 0 saturated carbocycles. The summed E-state index contributed by atoms with van der Waals surface area (Å²) in [5, 5.41) is 4.51. The van der Waals surface area contributed by atoms with Gasteiger partial charge in [0.2, 0.25) is 0 Å². The van der Waals surface area contributed by atoms with Gasteiger partial charge in [0.15, 0.2) is 0 Å². The Labute approximate surface area is 200 Å². The molecule has 0 bridgehead atoms. The van der Waals surface area contributed by atoms with Crippen LogP contribution in [0.5, 0.6) is 5.75 Å². The van der Waals surface area contributed by atoms with Crippen molar-refractivity contribution in [2.24, 2.45) is 0 Å². The first-order valence-corrected chi connectivity index (χ1v) is 12.2. The van der Waals surface area contributed by atoms with E-state index in [1.807, 2.05) is 24.3 Å². The molecule has 4 aromatic rings. The summed E-state index contributed by atoms with van der Waals surface area (Å²) in [6, 6.07) is 23.2. The molecule has 0 aliphatic heterocycles. The number of aryl methyl sites for hydroxylation is 3. The lowest BCUT2D eigenvalue weighted by Gasteiger charge is -2.26. The Morgan fingerprint density at radius 2 is 1.91 bits per heavy atom. The van der Waals surface area contributed by atoms with Crippen LogP contribution < -0.4 is 10.1 Å². The SMILES string of the molecule is Cc1cccc2c1nc(COc1ccc(Cl)cc1)n2CCCNC1CCCc2ccccc21. The number of nitrogens with zero attached hydrogens (tertiary/aromatic N) is 2. The number of hydrogen-bond donors (Lipinski definition) is 1. The number of imidazole rings is 1. The molecule has 1 aliphatic carbocycles. The molecule has 0 saturated heterocycles. The third-order valence-electron chi connectivity index (χ3n) is 6.56. The predicted octanol–water partition coefficient (Wildman–Crippen LogP) is 6.63. The van der Waals surface area contributed by atoms with E-state index < -0.39 is 0 Å². The highest BCUT2D eigenvalue weighted by atomic mass is 35.5. The average molecular weight is 460 g/mol.